The molecule has 22 heavy (non-hydrogen) atoms. The zero-order valence-electron chi connectivity index (χ0n) is 12.7. The van der Waals surface area contributed by atoms with Crippen molar-refractivity contribution >= 4 is 16.0 Å². The monoisotopic (exact) mass is 327 g/mol. The van der Waals surface area contributed by atoms with Gasteiger partial charge in [-0.3, -0.25) is 4.79 Å². The van der Waals surface area contributed by atoms with Crippen LogP contribution in [0.5, 0.6) is 5.75 Å². The van der Waals surface area contributed by atoms with Crippen molar-refractivity contribution in [2.45, 2.75) is 37.6 Å². The van der Waals surface area contributed by atoms with Crippen molar-refractivity contribution in [2.75, 3.05) is 13.2 Å². The molecule has 1 heterocycles. The first-order valence-electron chi connectivity index (χ1n) is 7.30. The van der Waals surface area contributed by atoms with Crippen LogP contribution in [0.15, 0.2) is 29.2 Å². The summed E-state index contributed by atoms with van der Waals surface area (Å²) in [5, 5.41) is 9.13. The summed E-state index contributed by atoms with van der Waals surface area (Å²) in [6, 6.07) is 5.15. The molecule has 7 heteroatoms. The Morgan fingerprint density at radius 1 is 1.36 bits per heavy atom. The molecule has 1 atom stereocenters. The average Bonchev–Trinajstić information content (AvgIpc) is 2.96. The Bertz CT molecular complexity index is 624. The topological polar surface area (TPSA) is 83.9 Å². The highest BCUT2D eigenvalue weighted by Crippen LogP contribution is 2.27. The van der Waals surface area contributed by atoms with E-state index in [4.69, 9.17) is 9.84 Å². The van der Waals surface area contributed by atoms with Gasteiger partial charge in [-0.15, -0.1) is 0 Å². The lowest BCUT2D eigenvalue weighted by atomic mass is 10.2. The van der Waals surface area contributed by atoms with E-state index in [1.807, 2.05) is 13.8 Å². The highest BCUT2D eigenvalue weighted by molar-refractivity contribution is 7.89. The van der Waals surface area contributed by atoms with Gasteiger partial charge in [0.25, 0.3) is 0 Å². The summed E-state index contributed by atoms with van der Waals surface area (Å²) in [7, 11) is -3.78. The number of carbonyl (C=O) groups is 1. The maximum absolute atomic E-state index is 12.5. The van der Waals surface area contributed by atoms with Crippen LogP contribution in [-0.2, 0) is 14.8 Å². The molecule has 6 nitrogen and oxygen atoms in total. The van der Waals surface area contributed by atoms with Crippen LogP contribution in [0.4, 0.5) is 0 Å². The van der Waals surface area contributed by atoms with E-state index in [2.05, 4.69) is 0 Å². The summed E-state index contributed by atoms with van der Waals surface area (Å²) < 4.78 is 31.7. The zero-order chi connectivity index (χ0) is 16.3. The summed E-state index contributed by atoms with van der Waals surface area (Å²) in [6.07, 6.45) is 0.913. The van der Waals surface area contributed by atoms with Crippen LogP contribution < -0.4 is 4.74 Å². The van der Waals surface area contributed by atoms with E-state index in [-0.39, 0.29) is 11.4 Å². The molecule has 0 radical (unpaired) electrons. The van der Waals surface area contributed by atoms with Gasteiger partial charge in [0.2, 0.25) is 10.0 Å². The third kappa shape index (κ3) is 3.59. The number of sulfonamides is 1. The Balaban J connectivity index is 2.17. The Hall–Kier alpha value is -1.60. The number of nitrogens with zero attached hydrogens (tertiary/aromatic N) is 1. The number of carboxylic acid groups (broad SMARTS) is 1. The van der Waals surface area contributed by atoms with Gasteiger partial charge in [0.15, 0.2) is 0 Å². The van der Waals surface area contributed by atoms with Gasteiger partial charge in [0, 0.05) is 6.54 Å². The van der Waals surface area contributed by atoms with Crippen molar-refractivity contribution in [3.63, 3.8) is 0 Å². The Morgan fingerprint density at radius 3 is 2.55 bits per heavy atom. The predicted molar refractivity (Wildman–Crippen MR) is 81.3 cm³/mol. The van der Waals surface area contributed by atoms with Crippen molar-refractivity contribution in [3.8, 4) is 5.75 Å². The minimum absolute atomic E-state index is 0.0950. The van der Waals surface area contributed by atoms with Gasteiger partial charge in [-0.1, -0.05) is 13.8 Å². The molecule has 0 bridgehead atoms. The Labute approximate surface area is 130 Å². The Kier molecular flexibility index (Phi) is 5.08. The van der Waals surface area contributed by atoms with Gasteiger partial charge in [-0.05, 0) is 43.0 Å². The largest absolute Gasteiger partial charge is 0.493 e. The van der Waals surface area contributed by atoms with E-state index in [1.165, 1.54) is 12.1 Å². The van der Waals surface area contributed by atoms with Crippen LogP contribution in [0.25, 0.3) is 0 Å². The molecule has 1 aliphatic heterocycles. The molecule has 1 aromatic rings. The fourth-order valence-corrected chi connectivity index (χ4v) is 4.03. The van der Waals surface area contributed by atoms with Crippen LogP contribution in [0.2, 0.25) is 0 Å². The molecular weight excluding hydrogens is 306 g/mol. The van der Waals surface area contributed by atoms with Gasteiger partial charge in [0.05, 0.1) is 11.5 Å². The fraction of sp³-hybridized carbons (Fsp3) is 0.533. The van der Waals surface area contributed by atoms with Gasteiger partial charge in [-0.2, -0.15) is 4.31 Å². The Morgan fingerprint density at radius 2 is 2.00 bits per heavy atom. The van der Waals surface area contributed by atoms with E-state index in [0.29, 0.717) is 31.1 Å². The van der Waals surface area contributed by atoms with Gasteiger partial charge in [0.1, 0.15) is 11.8 Å². The van der Waals surface area contributed by atoms with E-state index in [0.717, 1.165) is 4.31 Å². The molecule has 122 valence electrons. The van der Waals surface area contributed by atoms with E-state index in [9.17, 15) is 13.2 Å². The number of benzene rings is 1. The second-order valence-electron chi connectivity index (χ2n) is 5.79. The second-order valence-corrected chi connectivity index (χ2v) is 7.68. The van der Waals surface area contributed by atoms with Crippen LogP contribution in [0.3, 0.4) is 0 Å². The van der Waals surface area contributed by atoms with Crippen LogP contribution in [0.1, 0.15) is 26.7 Å². The smallest absolute Gasteiger partial charge is 0.322 e. The molecule has 0 spiro atoms. The molecule has 0 saturated carbocycles. The average molecular weight is 327 g/mol. The highest BCUT2D eigenvalue weighted by Gasteiger charge is 2.39. The van der Waals surface area contributed by atoms with Crippen LogP contribution in [-0.4, -0.2) is 43.0 Å². The predicted octanol–water partition coefficient (Wildman–Crippen LogP) is 1.96. The lowest BCUT2D eigenvalue weighted by Gasteiger charge is -2.21. The van der Waals surface area contributed by atoms with Crippen molar-refractivity contribution in [2.24, 2.45) is 5.92 Å². The maximum atomic E-state index is 12.5. The number of carboxylic acids is 1. The number of ether oxygens (including phenoxy) is 1. The third-order valence-corrected chi connectivity index (χ3v) is 5.42. The van der Waals surface area contributed by atoms with Crippen LogP contribution in [0, 0.1) is 5.92 Å². The molecule has 0 aliphatic carbocycles. The maximum Gasteiger partial charge on any atom is 0.322 e. The van der Waals surface area contributed by atoms with Crippen molar-refractivity contribution in [3.05, 3.63) is 24.3 Å². The number of aliphatic carboxylic acids is 1. The summed E-state index contributed by atoms with van der Waals surface area (Å²) in [5.74, 6) is -0.119. The van der Waals surface area contributed by atoms with E-state index < -0.39 is 22.0 Å². The third-order valence-electron chi connectivity index (χ3n) is 3.50. The quantitative estimate of drug-likeness (QED) is 0.863. The SMILES string of the molecule is CC(C)COc1ccc(S(=O)(=O)N2CCC[C@@H]2C(=O)O)cc1. The van der Waals surface area contributed by atoms with Gasteiger partial charge < -0.3 is 9.84 Å². The molecular formula is C15H21NO5S. The number of rotatable bonds is 6. The summed E-state index contributed by atoms with van der Waals surface area (Å²) >= 11 is 0. The summed E-state index contributed by atoms with van der Waals surface area (Å²) in [6.45, 7) is 4.85. The summed E-state index contributed by atoms with van der Waals surface area (Å²) in [4.78, 5) is 11.3. The zero-order valence-corrected chi connectivity index (χ0v) is 13.5. The number of hydrogen-bond acceptors (Lipinski definition) is 4. The van der Waals surface area contributed by atoms with E-state index in [1.54, 1.807) is 12.1 Å². The van der Waals surface area contributed by atoms with Gasteiger partial charge >= 0.3 is 5.97 Å². The first kappa shape index (κ1) is 16.8. The standard InChI is InChI=1S/C15H21NO5S/c1-11(2)10-21-12-5-7-13(8-6-12)22(19,20)16-9-3-4-14(16)15(17)18/h5-8,11,14H,3-4,9-10H2,1-2H3,(H,17,18)/t14-/m1/s1. The molecule has 2 rings (SSSR count). The van der Waals surface area contributed by atoms with Crippen LogP contribution >= 0.6 is 0 Å². The van der Waals surface area contributed by atoms with E-state index >= 15 is 0 Å². The molecule has 1 N–H and O–H groups in total. The molecule has 1 saturated heterocycles. The summed E-state index contributed by atoms with van der Waals surface area (Å²) in [5.41, 5.74) is 0. The number of hydrogen-bond donors (Lipinski definition) is 1. The normalized spacial score (nSPS) is 19.5. The first-order valence-corrected chi connectivity index (χ1v) is 8.74. The fourth-order valence-electron chi connectivity index (χ4n) is 2.38. The minimum Gasteiger partial charge on any atom is -0.493 e. The van der Waals surface area contributed by atoms with Crippen molar-refractivity contribution in [1.82, 2.24) is 4.31 Å². The molecule has 0 amide bonds. The molecule has 0 unspecified atom stereocenters. The molecule has 1 fully saturated rings. The molecule has 0 aromatic heterocycles. The lowest BCUT2D eigenvalue weighted by molar-refractivity contribution is -0.140. The molecule has 1 aromatic carbocycles. The van der Waals surface area contributed by atoms with Crippen molar-refractivity contribution in [1.29, 1.82) is 0 Å². The minimum atomic E-state index is -3.78. The van der Waals surface area contributed by atoms with Gasteiger partial charge in [-0.25, -0.2) is 8.42 Å². The molecule has 1 aliphatic rings. The lowest BCUT2D eigenvalue weighted by Crippen LogP contribution is -2.40. The first-order chi connectivity index (χ1) is 10.3. The second kappa shape index (κ2) is 6.66. The van der Waals surface area contributed by atoms with Crippen molar-refractivity contribution < 1.29 is 23.1 Å². The highest BCUT2D eigenvalue weighted by atomic mass is 32.2.